The van der Waals surface area contributed by atoms with E-state index >= 15 is 0 Å². The van der Waals surface area contributed by atoms with Gasteiger partial charge in [0.25, 0.3) is 5.92 Å². The molecule has 4 rings (SSSR count). The largest absolute Gasteiger partial charge is 0.356 e. The summed E-state index contributed by atoms with van der Waals surface area (Å²) in [5.74, 6) is -1.79. The van der Waals surface area contributed by atoms with E-state index in [4.69, 9.17) is 0 Å². The number of aryl methyl sites for hydroxylation is 1. The van der Waals surface area contributed by atoms with Crippen LogP contribution in [-0.4, -0.2) is 34.0 Å². The molecule has 2 aliphatic rings. The van der Waals surface area contributed by atoms with Crippen molar-refractivity contribution in [2.75, 3.05) is 18.0 Å². The molecule has 0 unspecified atom stereocenters. The molecule has 2 aromatic rings. The van der Waals surface area contributed by atoms with Gasteiger partial charge in [-0.3, -0.25) is 0 Å². The molecular formula is C15H18F2N4. The van der Waals surface area contributed by atoms with E-state index in [1.807, 2.05) is 0 Å². The molecule has 0 bridgehead atoms. The number of alkyl halides is 2. The molecule has 1 N–H and O–H groups in total. The average Bonchev–Trinajstić information content (AvgIpc) is 2.85. The van der Waals surface area contributed by atoms with E-state index < -0.39 is 5.92 Å². The van der Waals surface area contributed by atoms with Gasteiger partial charge in [0.15, 0.2) is 0 Å². The van der Waals surface area contributed by atoms with Gasteiger partial charge >= 0.3 is 0 Å². The summed E-state index contributed by atoms with van der Waals surface area (Å²) < 4.78 is 27.6. The average molecular weight is 292 g/mol. The Morgan fingerprint density at radius 1 is 1.14 bits per heavy atom. The fourth-order valence-corrected chi connectivity index (χ4v) is 3.53. The van der Waals surface area contributed by atoms with Crippen LogP contribution >= 0.6 is 0 Å². The van der Waals surface area contributed by atoms with E-state index in [9.17, 15) is 8.78 Å². The molecule has 112 valence electrons. The van der Waals surface area contributed by atoms with Crippen LogP contribution in [0.1, 0.15) is 36.9 Å². The van der Waals surface area contributed by atoms with Crippen molar-refractivity contribution >= 4 is 16.9 Å². The predicted octanol–water partition coefficient (Wildman–Crippen LogP) is 3.07. The van der Waals surface area contributed by atoms with Crippen molar-refractivity contribution in [3.8, 4) is 0 Å². The molecule has 0 atom stereocenters. The molecule has 0 radical (unpaired) electrons. The van der Waals surface area contributed by atoms with Crippen LogP contribution in [0, 0.1) is 0 Å². The minimum atomic E-state index is -2.61. The molecule has 0 spiro atoms. The van der Waals surface area contributed by atoms with E-state index in [-0.39, 0.29) is 12.8 Å². The molecule has 1 aliphatic heterocycles. The zero-order valence-corrected chi connectivity index (χ0v) is 11.8. The monoisotopic (exact) mass is 292 g/mol. The minimum absolute atomic E-state index is 0.0840. The number of fused-ring (bicyclic) bond motifs is 3. The number of hydrogen-bond acceptors (Lipinski definition) is 3. The highest BCUT2D eigenvalue weighted by Gasteiger charge is 2.37. The maximum absolute atomic E-state index is 13.8. The maximum atomic E-state index is 13.8. The molecule has 0 saturated carbocycles. The lowest BCUT2D eigenvalue weighted by molar-refractivity contribution is -0.0121. The number of nitrogens with one attached hydrogen (secondary N) is 1. The Morgan fingerprint density at radius 3 is 2.76 bits per heavy atom. The molecule has 1 saturated heterocycles. The Kier molecular flexibility index (Phi) is 2.87. The third kappa shape index (κ3) is 2.17. The molecule has 0 amide bonds. The lowest BCUT2D eigenvalue weighted by Gasteiger charge is -2.29. The van der Waals surface area contributed by atoms with Crippen molar-refractivity contribution in [3.63, 3.8) is 0 Å². The molecular weight excluding hydrogens is 274 g/mol. The summed E-state index contributed by atoms with van der Waals surface area (Å²) in [6.45, 7) is 1.89. The van der Waals surface area contributed by atoms with E-state index in [1.54, 1.807) is 0 Å². The van der Waals surface area contributed by atoms with Crippen LogP contribution in [0.4, 0.5) is 14.6 Å². The van der Waals surface area contributed by atoms with Gasteiger partial charge in [-0.25, -0.2) is 18.7 Å². The van der Waals surface area contributed by atoms with Crippen molar-refractivity contribution in [2.45, 2.75) is 44.4 Å². The van der Waals surface area contributed by atoms with Crippen LogP contribution in [0.25, 0.3) is 11.0 Å². The van der Waals surface area contributed by atoms with Gasteiger partial charge in [0.2, 0.25) is 0 Å². The first kappa shape index (κ1) is 13.0. The van der Waals surface area contributed by atoms with Crippen molar-refractivity contribution in [1.82, 2.24) is 15.0 Å². The van der Waals surface area contributed by atoms with Crippen LogP contribution in [0.5, 0.6) is 0 Å². The summed E-state index contributed by atoms with van der Waals surface area (Å²) in [7, 11) is 0. The van der Waals surface area contributed by atoms with Gasteiger partial charge in [0.05, 0.1) is 5.39 Å². The molecule has 0 aromatic carbocycles. The van der Waals surface area contributed by atoms with Gasteiger partial charge in [-0.1, -0.05) is 0 Å². The second kappa shape index (κ2) is 4.64. The number of aromatic nitrogens is 3. The molecule has 4 nitrogen and oxygen atoms in total. The Balaban J connectivity index is 1.86. The third-order valence-electron chi connectivity index (χ3n) is 4.59. The Hall–Kier alpha value is -1.72. The fourth-order valence-electron chi connectivity index (χ4n) is 3.53. The van der Waals surface area contributed by atoms with Crippen molar-refractivity contribution in [2.24, 2.45) is 0 Å². The topological polar surface area (TPSA) is 44.8 Å². The van der Waals surface area contributed by atoms with Crippen LogP contribution < -0.4 is 4.90 Å². The predicted molar refractivity (Wildman–Crippen MR) is 76.9 cm³/mol. The molecule has 1 aliphatic carbocycles. The summed E-state index contributed by atoms with van der Waals surface area (Å²) in [5, 5.41) is 0.814. The van der Waals surface area contributed by atoms with Crippen LogP contribution in [-0.2, 0) is 12.8 Å². The summed E-state index contributed by atoms with van der Waals surface area (Å²) >= 11 is 0. The third-order valence-corrected chi connectivity index (χ3v) is 4.59. The highest BCUT2D eigenvalue weighted by Crippen LogP contribution is 2.39. The number of rotatable bonds is 1. The summed E-state index contributed by atoms with van der Waals surface area (Å²) in [4.78, 5) is 14.1. The van der Waals surface area contributed by atoms with Crippen LogP contribution in [0.15, 0.2) is 6.33 Å². The molecule has 3 heterocycles. The molecule has 6 heteroatoms. The van der Waals surface area contributed by atoms with Gasteiger partial charge in [-0.15, -0.1) is 0 Å². The quantitative estimate of drug-likeness (QED) is 0.878. The minimum Gasteiger partial charge on any atom is -0.356 e. The number of aromatic amines is 1. The van der Waals surface area contributed by atoms with E-state index in [0.717, 1.165) is 48.4 Å². The fraction of sp³-hybridized carbons (Fsp3) is 0.600. The summed E-state index contributed by atoms with van der Waals surface area (Å²) in [6.07, 6.45) is 5.14. The zero-order chi connectivity index (χ0) is 14.4. The molecule has 1 fully saturated rings. The first-order valence-corrected chi connectivity index (χ1v) is 7.61. The number of H-pyrrole nitrogens is 1. The van der Waals surface area contributed by atoms with Gasteiger partial charge in [-0.2, -0.15) is 0 Å². The van der Waals surface area contributed by atoms with Gasteiger partial charge in [0.1, 0.15) is 17.8 Å². The van der Waals surface area contributed by atoms with Crippen molar-refractivity contribution in [3.05, 3.63) is 17.6 Å². The molecule has 2 aromatic heterocycles. The summed E-state index contributed by atoms with van der Waals surface area (Å²) in [5.41, 5.74) is 2.34. The number of hydrogen-bond donors (Lipinski definition) is 1. The number of piperidine rings is 1. The van der Waals surface area contributed by atoms with Gasteiger partial charge in [0, 0.05) is 31.6 Å². The SMILES string of the molecule is FC1(F)CCc2[nH]c3ncnc(N4CCCCC4)c3c2C1. The van der Waals surface area contributed by atoms with Gasteiger partial charge in [-0.05, 0) is 31.2 Å². The second-order valence-electron chi connectivity index (χ2n) is 6.08. The zero-order valence-electron chi connectivity index (χ0n) is 11.8. The van der Waals surface area contributed by atoms with Crippen molar-refractivity contribution in [1.29, 1.82) is 0 Å². The first-order valence-electron chi connectivity index (χ1n) is 7.61. The second-order valence-corrected chi connectivity index (χ2v) is 6.08. The first-order chi connectivity index (χ1) is 10.1. The Morgan fingerprint density at radius 2 is 1.95 bits per heavy atom. The summed E-state index contributed by atoms with van der Waals surface area (Å²) in [6, 6.07) is 0. The normalized spacial score (nSPS) is 21.5. The van der Waals surface area contributed by atoms with Crippen LogP contribution in [0.2, 0.25) is 0 Å². The Bertz CT molecular complexity index is 674. The van der Waals surface area contributed by atoms with Crippen molar-refractivity contribution < 1.29 is 8.78 Å². The highest BCUT2D eigenvalue weighted by molar-refractivity contribution is 5.92. The van der Waals surface area contributed by atoms with Crippen LogP contribution in [0.3, 0.4) is 0 Å². The number of halogens is 2. The number of nitrogens with zero attached hydrogens (tertiary/aromatic N) is 3. The van der Waals surface area contributed by atoms with E-state index in [0.29, 0.717) is 12.1 Å². The highest BCUT2D eigenvalue weighted by atomic mass is 19.3. The smallest absolute Gasteiger partial charge is 0.252 e. The lowest BCUT2D eigenvalue weighted by atomic mass is 9.92. The lowest BCUT2D eigenvalue weighted by Crippen LogP contribution is -2.31. The van der Waals surface area contributed by atoms with Gasteiger partial charge < -0.3 is 9.88 Å². The number of anilines is 1. The maximum Gasteiger partial charge on any atom is 0.252 e. The van der Waals surface area contributed by atoms with E-state index in [1.165, 1.54) is 12.7 Å². The Labute approximate surface area is 121 Å². The molecule has 21 heavy (non-hydrogen) atoms. The van der Waals surface area contributed by atoms with E-state index in [2.05, 4.69) is 19.9 Å². The standard InChI is InChI=1S/C15H18F2N4/c16-15(17)5-4-11-10(8-15)12-13(20-11)18-9-19-14(12)21-6-2-1-3-7-21/h9H,1-8H2,(H,18,19,20).